The molecular formula is C16H7F7N2O2. The topological polar surface area (TPSA) is 66.1 Å². The lowest BCUT2D eigenvalue weighted by Gasteiger charge is -2.17. The van der Waals surface area contributed by atoms with Gasteiger partial charge in [0.15, 0.2) is 6.17 Å². The normalized spacial score (nSPS) is 20.9. The van der Waals surface area contributed by atoms with E-state index in [1.165, 1.54) is 0 Å². The van der Waals surface area contributed by atoms with Crippen molar-refractivity contribution < 1.29 is 40.6 Å². The number of halogens is 7. The number of aliphatic hydroxyl groups is 1. The minimum Gasteiger partial charge on any atom is -0.438 e. The van der Waals surface area contributed by atoms with Crippen molar-refractivity contribution in [2.75, 3.05) is 0 Å². The Bertz CT molecular complexity index is 953. The lowest BCUT2D eigenvalue weighted by Crippen LogP contribution is -2.25. The molecule has 0 bridgehead atoms. The number of pyridine rings is 1. The van der Waals surface area contributed by atoms with Crippen molar-refractivity contribution >= 4 is 0 Å². The zero-order valence-corrected chi connectivity index (χ0v) is 12.9. The van der Waals surface area contributed by atoms with Crippen LogP contribution in [0.15, 0.2) is 24.4 Å². The van der Waals surface area contributed by atoms with Crippen LogP contribution in [-0.4, -0.2) is 16.0 Å². The molecule has 3 rings (SSSR count). The van der Waals surface area contributed by atoms with Gasteiger partial charge in [-0.3, -0.25) is 0 Å². The van der Waals surface area contributed by atoms with Gasteiger partial charge in [0.2, 0.25) is 5.88 Å². The van der Waals surface area contributed by atoms with Crippen LogP contribution in [-0.2, 0) is 6.18 Å². The number of ether oxygens (including phenoxy) is 1. The molecule has 11 heteroatoms. The average Bonchev–Trinajstić information content (AvgIpc) is 2.75. The van der Waals surface area contributed by atoms with Crippen LogP contribution in [0, 0.1) is 17.1 Å². The van der Waals surface area contributed by atoms with E-state index in [4.69, 9.17) is 10.00 Å². The van der Waals surface area contributed by atoms with Crippen molar-refractivity contribution in [3.8, 4) is 17.7 Å². The van der Waals surface area contributed by atoms with Crippen LogP contribution in [0.25, 0.3) is 0 Å². The van der Waals surface area contributed by atoms with Crippen molar-refractivity contribution in [2.45, 2.75) is 24.4 Å². The highest BCUT2D eigenvalue weighted by atomic mass is 19.4. The SMILES string of the molecule is N#Cc1cc(F)cc(Oc2ncc(C(F)(F)F)c3c2[C@@H](F)C(F)(F)[C@H]3O)c1. The molecule has 2 aromatic rings. The number of hydrogen-bond donors (Lipinski definition) is 1. The predicted molar refractivity (Wildman–Crippen MR) is 74.2 cm³/mol. The second kappa shape index (κ2) is 6.09. The van der Waals surface area contributed by atoms with E-state index in [0.717, 1.165) is 12.1 Å². The fourth-order valence-corrected chi connectivity index (χ4v) is 2.69. The average molecular weight is 392 g/mol. The Kier molecular flexibility index (Phi) is 4.26. The maximum absolute atomic E-state index is 14.2. The zero-order valence-electron chi connectivity index (χ0n) is 12.9. The van der Waals surface area contributed by atoms with Gasteiger partial charge in [0.1, 0.15) is 17.7 Å². The Morgan fingerprint density at radius 3 is 2.44 bits per heavy atom. The van der Waals surface area contributed by atoms with Crippen LogP contribution in [0.2, 0.25) is 0 Å². The molecule has 0 spiro atoms. The maximum Gasteiger partial charge on any atom is 0.418 e. The van der Waals surface area contributed by atoms with Crippen molar-refractivity contribution in [2.24, 2.45) is 0 Å². The van der Waals surface area contributed by atoms with E-state index in [1.807, 2.05) is 0 Å². The first kappa shape index (κ1) is 18.9. The molecule has 0 aliphatic heterocycles. The van der Waals surface area contributed by atoms with E-state index in [1.54, 1.807) is 6.07 Å². The summed E-state index contributed by atoms with van der Waals surface area (Å²) < 4.78 is 99.4. The van der Waals surface area contributed by atoms with Gasteiger partial charge in [-0.25, -0.2) is 13.8 Å². The highest BCUT2D eigenvalue weighted by Gasteiger charge is 2.60. The molecule has 2 atom stereocenters. The molecule has 0 saturated heterocycles. The van der Waals surface area contributed by atoms with Crippen molar-refractivity contribution in [1.82, 2.24) is 4.98 Å². The van der Waals surface area contributed by atoms with E-state index >= 15 is 0 Å². The number of nitriles is 1. The van der Waals surface area contributed by atoms with Gasteiger partial charge in [-0.05, 0) is 12.1 Å². The molecule has 1 N–H and O–H groups in total. The van der Waals surface area contributed by atoms with E-state index in [0.29, 0.717) is 6.07 Å². The monoisotopic (exact) mass is 392 g/mol. The lowest BCUT2D eigenvalue weighted by atomic mass is 10.0. The number of rotatable bonds is 2. The van der Waals surface area contributed by atoms with E-state index in [2.05, 4.69) is 4.98 Å². The molecule has 1 aliphatic carbocycles. The van der Waals surface area contributed by atoms with Crippen LogP contribution >= 0.6 is 0 Å². The summed E-state index contributed by atoms with van der Waals surface area (Å²) in [5, 5.41) is 18.3. The number of nitrogens with zero attached hydrogens (tertiary/aromatic N) is 2. The molecule has 0 saturated carbocycles. The minimum absolute atomic E-state index is 0.107. The summed E-state index contributed by atoms with van der Waals surface area (Å²) in [6.07, 6.45) is -11.5. The molecule has 1 heterocycles. The third-order valence-electron chi connectivity index (χ3n) is 3.87. The highest BCUT2D eigenvalue weighted by Crippen LogP contribution is 2.57. The molecule has 0 fully saturated rings. The van der Waals surface area contributed by atoms with Gasteiger partial charge < -0.3 is 9.84 Å². The van der Waals surface area contributed by atoms with Gasteiger partial charge in [0.25, 0.3) is 0 Å². The van der Waals surface area contributed by atoms with Crippen LogP contribution in [0.5, 0.6) is 11.6 Å². The van der Waals surface area contributed by atoms with Gasteiger partial charge in [0.05, 0.1) is 22.8 Å². The third kappa shape index (κ3) is 3.06. The Labute approximate surface area is 146 Å². The summed E-state index contributed by atoms with van der Waals surface area (Å²) >= 11 is 0. The first-order chi connectivity index (χ1) is 12.5. The quantitative estimate of drug-likeness (QED) is 0.759. The van der Waals surface area contributed by atoms with Crippen LogP contribution in [0.3, 0.4) is 0 Å². The van der Waals surface area contributed by atoms with Gasteiger partial charge >= 0.3 is 12.1 Å². The zero-order chi connectivity index (χ0) is 20.1. The largest absolute Gasteiger partial charge is 0.438 e. The molecule has 1 aromatic carbocycles. The van der Waals surface area contributed by atoms with Crippen LogP contribution in [0.1, 0.15) is 34.5 Å². The van der Waals surface area contributed by atoms with Gasteiger partial charge in [0, 0.05) is 17.8 Å². The fourth-order valence-electron chi connectivity index (χ4n) is 2.69. The molecule has 1 aromatic heterocycles. The summed E-state index contributed by atoms with van der Waals surface area (Å²) in [6, 6.07) is 4.04. The van der Waals surface area contributed by atoms with E-state index in [9.17, 15) is 35.8 Å². The molecule has 0 amide bonds. The number of aliphatic hydroxyl groups excluding tert-OH is 1. The Morgan fingerprint density at radius 1 is 1.19 bits per heavy atom. The molecule has 142 valence electrons. The number of aromatic nitrogens is 1. The van der Waals surface area contributed by atoms with Crippen LogP contribution in [0.4, 0.5) is 30.7 Å². The molecule has 27 heavy (non-hydrogen) atoms. The standard InChI is InChI=1S/C16H7F7N2O2/c17-7-1-6(4-24)2-8(3-7)27-14-11-10(9(5-25-14)16(21,22)23)13(26)15(19,20)12(11)18/h1-3,5,12-13,26H/t12-,13+/m1/s1. The van der Waals surface area contributed by atoms with Gasteiger partial charge in [-0.2, -0.15) is 27.2 Å². The third-order valence-corrected chi connectivity index (χ3v) is 3.87. The highest BCUT2D eigenvalue weighted by molar-refractivity contribution is 5.51. The number of benzene rings is 1. The number of fused-ring (bicyclic) bond motifs is 1. The summed E-state index contributed by atoms with van der Waals surface area (Å²) in [5.41, 5.74) is -4.67. The predicted octanol–water partition coefficient (Wildman–Crippen LogP) is 4.60. The van der Waals surface area contributed by atoms with Crippen molar-refractivity contribution in [3.05, 3.63) is 52.5 Å². The first-order valence-electron chi connectivity index (χ1n) is 7.15. The minimum atomic E-state index is -5.19. The number of alkyl halides is 6. The van der Waals surface area contributed by atoms with E-state index < -0.39 is 58.5 Å². The molecule has 1 aliphatic rings. The Balaban J connectivity index is 2.18. The number of hydrogen-bond acceptors (Lipinski definition) is 4. The van der Waals surface area contributed by atoms with Crippen molar-refractivity contribution in [1.29, 1.82) is 5.26 Å². The second-order valence-electron chi connectivity index (χ2n) is 5.63. The second-order valence-corrected chi connectivity index (χ2v) is 5.63. The summed E-state index contributed by atoms with van der Waals surface area (Å²) in [5.74, 6) is -6.99. The maximum atomic E-state index is 14.2. The van der Waals surface area contributed by atoms with Gasteiger partial charge in [-0.15, -0.1) is 0 Å². The van der Waals surface area contributed by atoms with E-state index in [-0.39, 0.29) is 11.8 Å². The van der Waals surface area contributed by atoms with Crippen molar-refractivity contribution in [3.63, 3.8) is 0 Å². The molecule has 4 nitrogen and oxygen atoms in total. The summed E-state index contributed by atoms with van der Waals surface area (Å²) in [7, 11) is 0. The molecular weight excluding hydrogens is 385 g/mol. The fraction of sp³-hybridized carbons (Fsp3) is 0.250. The Morgan fingerprint density at radius 2 is 1.85 bits per heavy atom. The van der Waals surface area contributed by atoms with Gasteiger partial charge in [-0.1, -0.05) is 0 Å². The summed E-state index contributed by atoms with van der Waals surface area (Å²) in [6.45, 7) is 0. The molecule has 0 radical (unpaired) electrons. The molecule has 0 unspecified atom stereocenters. The lowest BCUT2D eigenvalue weighted by molar-refractivity contribution is -0.152. The summed E-state index contributed by atoms with van der Waals surface area (Å²) in [4.78, 5) is 3.22. The van der Waals surface area contributed by atoms with Crippen LogP contribution < -0.4 is 4.74 Å². The first-order valence-corrected chi connectivity index (χ1v) is 7.15. The Hall–Kier alpha value is -2.87. The smallest absolute Gasteiger partial charge is 0.418 e.